The SMILES string of the molecule is O=C(CCN1C(=O)[C@H]2[C@H]3C[C@H](C4=Cc5sc(=O)[nH]c5S[C@H]43)[C@H]2C1=O)Nc1ccc(Cl)cc1. The average molecular weight is 488 g/mol. The van der Waals surface area contributed by atoms with Gasteiger partial charge in [-0.2, -0.15) is 0 Å². The number of imide groups is 1. The Kier molecular flexibility index (Phi) is 4.64. The molecule has 2 bridgehead atoms. The van der Waals surface area contributed by atoms with Crippen molar-refractivity contribution in [1.82, 2.24) is 9.88 Å². The van der Waals surface area contributed by atoms with E-state index in [9.17, 15) is 19.2 Å². The van der Waals surface area contributed by atoms with Gasteiger partial charge in [0.2, 0.25) is 17.7 Å². The number of anilines is 1. The summed E-state index contributed by atoms with van der Waals surface area (Å²) in [7, 11) is 0. The molecule has 7 nitrogen and oxygen atoms in total. The van der Waals surface area contributed by atoms with Crippen LogP contribution in [0.4, 0.5) is 5.69 Å². The number of carbonyl (C=O) groups excluding carboxylic acids is 3. The fourth-order valence-corrected chi connectivity index (χ4v) is 8.24. The zero-order valence-electron chi connectivity index (χ0n) is 16.7. The van der Waals surface area contributed by atoms with Gasteiger partial charge in [-0.05, 0) is 48.6 Å². The molecule has 5 atom stereocenters. The molecule has 1 aromatic carbocycles. The maximum atomic E-state index is 13.2. The van der Waals surface area contributed by atoms with Crippen LogP contribution in [0, 0.1) is 23.7 Å². The van der Waals surface area contributed by atoms with Crippen molar-refractivity contribution in [2.45, 2.75) is 23.1 Å². The molecular weight excluding hydrogens is 470 g/mol. The molecule has 0 unspecified atom stereocenters. The summed E-state index contributed by atoms with van der Waals surface area (Å²) in [6.45, 7) is 0.0844. The van der Waals surface area contributed by atoms with E-state index < -0.39 is 0 Å². The molecule has 2 aliphatic carbocycles. The Morgan fingerprint density at radius 1 is 1.16 bits per heavy atom. The zero-order valence-corrected chi connectivity index (χ0v) is 19.1. The smallest absolute Gasteiger partial charge is 0.305 e. The van der Waals surface area contributed by atoms with E-state index in [1.165, 1.54) is 21.8 Å². The lowest BCUT2D eigenvalue weighted by Gasteiger charge is -2.32. The van der Waals surface area contributed by atoms with Crippen LogP contribution in [0.15, 0.2) is 39.7 Å². The Morgan fingerprint density at radius 3 is 2.69 bits per heavy atom. The van der Waals surface area contributed by atoms with E-state index in [1.54, 1.807) is 36.0 Å². The highest BCUT2D eigenvalue weighted by Crippen LogP contribution is 2.64. The molecule has 2 aromatic rings. The van der Waals surface area contributed by atoms with Crippen LogP contribution in [-0.2, 0) is 14.4 Å². The van der Waals surface area contributed by atoms with E-state index in [4.69, 9.17) is 11.6 Å². The second kappa shape index (κ2) is 7.33. The van der Waals surface area contributed by atoms with Crippen molar-refractivity contribution in [3.8, 4) is 0 Å². The predicted octanol–water partition coefficient (Wildman–Crippen LogP) is 3.23. The fourth-order valence-electron chi connectivity index (χ4n) is 5.67. The maximum Gasteiger partial charge on any atom is 0.305 e. The quantitative estimate of drug-likeness (QED) is 0.645. The van der Waals surface area contributed by atoms with Gasteiger partial charge in [0.05, 0.1) is 21.7 Å². The van der Waals surface area contributed by atoms with E-state index in [1.807, 2.05) is 0 Å². The number of H-pyrrole nitrogens is 1. The molecule has 2 aliphatic heterocycles. The number of amides is 3. The molecule has 164 valence electrons. The molecule has 4 aliphatic rings. The summed E-state index contributed by atoms with van der Waals surface area (Å²) in [5, 5.41) is 4.34. The Hall–Kier alpha value is -2.36. The lowest BCUT2D eigenvalue weighted by atomic mass is 9.77. The number of aromatic amines is 1. The van der Waals surface area contributed by atoms with Gasteiger partial charge >= 0.3 is 4.87 Å². The Labute approximate surface area is 196 Å². The first-order valence-electron chi connectivity index (χ1n) is 10.4. The Balaban J connectivity index is 1.17. The normalized spacial score (nSPS) is 29.6. The summed E-state index contributed by atoms with van der Waals surface area (Å²) in [6, 6.07) is 6.77. The summed E-state index contributed by atoms with van der Waals surface area (Å²) in [4.78, 5) is 55.5. The van der Waals surface area contributed by atoms with Crippen molar-refractivity contribution in [2.24, 2.45) is 23.7 Å². The Bertz CT molecular complexity index is 1250. The number of thioether (sulfide) groups is 1. The molecule has 3 amide bonds. The highest BCUT2D eigenvalue weighted by molar-refractivity contribution is 8.00. The minimum Gasteiger partial charge on any atom is -0.326 e. The summed E-state index contributed by atoms with van der Waals surface area (Å²) in [6.07, 6.45) is 2.94. The number of carbonyl (C=O) groups is 3. The van der Waals surface area contributed by atoms with Crippen LogP contribution in [0.3, 0.4) is 0 Å². The maximum absolute atomic E-state index is 13.2. The number of likely N-dealkylation sites (tertiary alicyclic amines) is 1. The van der Waals surface area contributed by atoms with Crippen molar-refractivity contribution in [1.29, 1.82) is 0 Å². The van der Waals surface area contributed by atoms with Crippen molar-refractivity contribution < 1.29 is 14.4 Å². The first-order valence-corrected chi connectivity index (χ1v) is 12.5. The molecule has 10 heteroatoms. The number of nitrogens with one attached hydrogen (secondary N) is 2. The molecule has 6 rings (SSSR count). The van der Waals surface area contributed by atoms with Crippen molar-refractivity contribution in [3.05, 3.63) is 49.4 Å². The van der Waals surface area contributed by atoms with Gasteiger partial charge in [-0.25, -0.2) is 0 Å². The Morgan fingerprint density at radius 2 is 1.91 bits per heavy atom. The number of aromatic nitrogens is 1. The van der Waals surface area contributed by atoms with Crippen LogP contribution in [0.1, 0.15) is 17.7 Å². The molecule has 0 spiro atoms. The van der Waals surface area contributed by atoms with Crippen molar-refractivity contribution >= 4 is 64.2 Å². The average Bonchev–Trinajstić information content (AvgIpc) is 3.47. The molecule has 3 heterocycles. The number of rotatable bonds is 4. The summed E-state index contributed by atoms with van der Waals surface area (Å²) in [5.41, 5.74) is 1.81. The van der Waals surface area contributed by atoms with Crippen molar-refractivity contribution in [3.63, 3.8) is 0 Å². The zero-order chi connectivity index (χ0) is 22.1. The third-order valence-corrected chi connectivity index (χ3v) is 9.57. The third-order valence-electron chi connectivity index (χ3n) is 6.93. The standard InChI is InChI=1S/C22H18ClN3O4S2/c23-9-1-3-10(4-2-9)24-15(27)5-6-26-20(28)16-11-7-13(17(16)21(26)29)18-12(11)8-14-19(32-18)25-22(30)31-14/h1-4,8,11,13,16-18H,5-7H2,(H,24,27)(H,25,30)/t11-,13-,16-,17+,18-/m1/s1. The van der Waals surface area contributed by atoms with Gasteiger partial charge in [0.15, 0.2) is 0 Å². The van der Waals surface area contributed by atoms with Crippen LogP contribution >= 0.6 is 34.7 Å². The summed E-state index contributed by atoms with van der Waals surface area (Å²) < 4.78 is 0. The van der Waals surface area contributed by atoms with E-state index in [0.717, 1.165) is 16.3 Å². The number of hydrogen-bond acceptors (Lipinski definition) is 6. The summed E-state index contributed by atoms with van der Waals surface area (Å²) in [5.74, 6) is -1.12. The molecule has 3 fully saturated rings. The van der Waals surface area contributed by atoms with Crippen LogP contribution in [0.5, 0.6) is 0 Å². The van der Waals surface area contributed by atoms with Gasteiger partial charge in [0.25, 0.3) is 0 Å². The highest BCUT2D eigenvalue weighted by atomic mass is 35.5. The summed E-state index contributed by atoms with van der Waals surface area (Å²) >= 11 is 8.66. The number of fused-ring (bicyclic) bond motifs is 9. The molecular formula is C22H18ClN3O4S2. The second-order valence-electron chi connectivity index (χ2n) is 8.58. The number of benzene rings is 1. The van der Waals surface area contributed by atoms with E-state index in [2.05, 4.69) is 16.4 Å². The van der Waals surface area contributed by atoms with Crippen molar-refractivity contribution in [2.75, 3.05) is 11.9 Å². The number of nitrogens with zero attached hydrogens (tertiary/aromatic N) is 1. The van der Waals surface area contributed by atoms with Crippen LogP contribution in [-0.4, -0.2) is 39.4 Å². The van der Waals surface area contributed by atoms with E-state index in [-0.39, 0.29) is 64.5 Å². The molecule has 1 saturated heterocycles. The van der Waals surface area contributed by atoms with E-state index in [0.29, 0.717) is 10.7 Å². The number of hydrogen-bond donors (Lipinski definition) is 2. The topological polar surface area (TPSA) is 99.3 Å². The monoisotopic (exact) mass is 487 g/mol. The van der Waals surface area contributed by atoms with Crippen LogP contribution in [0.25, 0.3) is 6.08 Å². The number of thiazole rings is 1. The minimum atomic E-state index is -0.341. The highest BCUT2D eigenvalue weighted by Gasteiger charge is 2.66. The molecule has 2 N–H and O–H groups in total. The van der Waals surface area contributed by atoms with Gasteiger partial charge in [0.1, 0.15) is 0 Å². The van der Waals surface area contributed by atoms with Gasteiger partial charge in [-0.1, -0.05) is 40.3 Å². The van der Waals surface area contributed by atoms with Gasteiger partial charge in [-0.3, -0.25) is 24.1 Å². The van der Waals surface area contributed by atoms with Crippen LogP contribution in [0.2, 0.25) is 5.02 Å². The lowest BCUT2D eigenvalue weighted by Crippen LogP contribution is -2.35. The molecule has 2 saturated carbocycles. The largest absolute Gasteiger partial charge is 0.326 e. The molecule has 1 aromatic heterocycles. The fraction of sp³-hybridized carbons (Fsp3) is 0.364. The second-order valence-corrected chi connectivity index (χ2v) is 11.2. The predicted molar refractivity (Wildman–Crippen MR) is 123 cm³/mol. The van der Waals surface area contributed by atoms with Gasteiger partial charge < -0.3 is 10.3 Å². The first kappa shape index (κ1) is 20.3. The van der Waals surface area contributed by atoms with E-state index >= 15 is 0 Å². The minimum absolute atomic E-state index is 0.0391. The van der Waals surface area contributed by atoms with Gasteiger partial charge in [0, 0.05) is 28.9 Å². The molecule has 32 heavy (non-hydrogen) atoms. The van der Waals surface area contributed by atoms with Crippen LogP contribution < -0.4 is 10.2 Å². The number of halogens is 1. The van der Waals surface area contributed by atoms with Gasteiger partial charge in [-0.15, -0.1) is 0 Å². The molecule has 0 radical (unpaired) electrons. The third kappa shape index (κ3) is 3.02. The first-order chi connectivity index (χ1) is 15.4. The lowest BCUT2D eigenvalue weighted by molar-refractivity contribution is -0.140.